The summed E-state index contributed by atoms with van der Waals surface area (Å²) in [6.07, 6.45) is 8.51. The largest absolute Gasteiger partial charge is 0.320 e. The van der Waals surface area contributed by atoms with Crippen molar-refractivity contribution in [2.45, 2.75) is 89.0 Å². The SMILES string of the molecule is CC(C)C[C@H](N)C(=O)N(CCCCNS(=O)(=O)c1ccc(Cl)cc1Cl)C(=O)CCC1CCCCC1. The third-order valence-corrected chi connectivity index (χ3v) is 8.56. The van der Waals surface area contributed by atoms with Gasteiger partial charge in [-0.05, 0) is 55.7 Å². The number of unbranched alkanes of at least 4 members (excludes halogenated alkanes) is 1. The van der Waals surface area contributed by atoms with E-state index in [1.165, 1.54) is 42.4 Å². The van der Waals surface area contributed by atoms with E-state index < -0.39 is 16.1 Å². The van der Waals surface area contributed by atoms with Crippen molar-refractivity contribution >= 4 is 45.0 Å². The topological polar surface area (TPSA) is 110 Å². The monoisotopic (exact) mass is 547 g/mol. The number of benzene rings is 1. The third-order valence-electron chi connectivity index (χ3n) is 6.38. The van der Waals surface area contributed by atoms with Crippen molar-refractivity contribution in [2.24, 2.45) is 17.6 Å². The molecule has 2 amide bonds. The van der Waals surface area contributed by atoms with Crippen LogP contribution < -0.4 is 10.5 Å². The zero-order valence-corrected chi connectivity index (χ0v) is 23.1. The highest BCUT2D eigenvalue weighted by molar-refractivity contribution is 7.89. The average molecular weight is 549 g/mol. The highest BCUT2D eigenvalue weighted by atomic mass is 35.5. The summed E-state index contributed by atoms with van der Waals surface area (Å²) in [6.45, 7) is 4.35. The molecule has 0 aromatic heterocycles. The molecule has 0 bridgehead atoms. The van der Waals surface area contributed by atoms with Crippen LogP contribution in [0, 0.1) is 11.8 Å². The molecule has 0 unspecified atom stereocenters. The average Bonchev–Trinajstić information content (AvgIpc) is 2.79. The van der Waals surface area contributed by atoms with Gasteiger partial charge in [0.1, 0.15) is 4.90 Å². The van der Waals surface area contributed by atoms with Gasteiger partial charge >= 0.3 is 0 Å². The lowest BCUT2D eigenvalue weighted by molar-refractivity contribution is -0.146. The maximum atomic E-state index is 13.0. The molecule has 0 heterocycles. The normalized spacial score (nSPS) is 15.8. The molecule has 1 aliphatic rings. The number of nitrogens with one attached hydrogen (secondary N) is 1. The van der Waals surface area contributed by atoms with Crippen LogP contribution in [0.25, 0.3) is 0 Å². The summed E-state index contributed by atoms with van der Waals surface area (Å²) in [5.41, 5.74) is 6.12. The molecule has 198 valence electrons. The van der Waals surface area contributed by atoms with Crippen LogP contribution in [0.4, 0.5) is 0 Å². The fraction of sp³-hybridized carbons (Fsp3) is 0.680. The molecule has 1 saturated carbocycles. The Balaban J connectivity index is 1.91. The first-order valence-electron chi connectivity index (χ1n) is 12.6. The number of sulfonamides is 1. The Labute approximate surface area is 220 Å². The molecule has 1 atom stereocenters. The van der Waals surface area contributed by atoms with Gasteiger partial charge in [-0.3, -0.25) is 14.5 Å². The number of hydrogen-bond donors (Lipinski definition) is 2. The van der Waals surface area contributed by atoms with Crippen LogP contribution in [0.3, 0.4) is 0 Å². The number of rotatable bonds is 13. The van der Waals surface area contributed by atoms with E-state index in [4.69, 9.17) is 28.9 Å². The number of imide groups is 1. The van der Waals surface area contributed by atoms with Crippen LogP contribution in [0.1, 0.15) is 78.1 Å². The summed E-state index contributed by atoms with van der Waals surface area (Å²) in [7, 11) is -3.80. The molecule has 0 radical (unpaired) electrons. The molecule has 0 saturated heterocycles. The lowest BCUT2D eigenvalue weighted by atomic mass is 9.86. The minimum absolute atomic E-state index is 0.0436. The molecule has 1 fully saturated rings. The maximum Gasteiger partial charge on any atom is 0.246 e. The molecule has 10 heteroatoms. The number of nitrogens with zero attached hydrogens (tertiary/aromatic N) is 1. The number of carbonyl (C=O) groups excluding carboxylic acids is 2. The van der Waals surface area contributed by atoms with E-state index >= 15 is 0 Å². The van der Waals surface area contributed by atoms with Crippen molar-refractivity contribution in [3.05, 3.63) is 28.2 Å². The fourth-order valence-electron chi connectivity index (χ4n) is 4.48. The number of hydrogen-bond acceptors (Lipinski definition) is 5. The van der Waals surface area contributed by atoms with Crippen molar-refractivity contribution in [3.63, 3.8) is 0 Å². The van der Waals surface area contributed by atoms with Gasteiger partial charge in [-0.15, -0.1) is 0 Å². The van der Waals surface area contributed by atoms with Crippen molar-refractivity contribution in [2.75, 3.05) is 13.1 Å². The zero-order chi connectivity index (χ0) is 26.0. The van der Waals surface area contributed by atoms with E-state index in [2.05, 4.69) is 4.72 Å². The van der Waals surface area contributed by atoms with E-state index in [1.54, 1.807) is 0 Å². The van der Waals surface area contributed by atoms with Crippen LogP contribution >= 0.6 is 23.2 Å². The van der Waals surface area contributed by atoms with Crippen LogP contribution in [0.15, 0.2) is 23.1 Å². The molecule has 1 aliphatic carbocycles. The van der Waals surface area contributed by atoms with E-state index in [0.717, 1.165) is 19.3 Å². The Morgan fingerprint density at radius 3 is 2.46 bits per heavy atom. The lowest BCUT2D eigenvalue weighted by Gasteiger charge is -2.26. The molecular weight excluding hydrogens is 509 g/mol. The van der Waals surface area contributed by atoms with Crippen molar-refractivity contribution in [1.82, 2.24) is 9.62 Å². The van der Waals surface area contributed by atoms with E-state index in [9.17, 15) is 18.0 Å². The van der Waals surface area contributed by atoms with Gasteiger partial charge in [0.25, 0.3) is 0 Å². The van der Waals surface area contributed by atoms with Gasteiger partial charge in [0.05, 0.1) is 11.1 Å². The quantitative estimate of drug-likeness (QED) is 0.332. The van der Waals surface area contributed by atoms with Crippen LogP contribution in [0.2, 0.25) is 10.0 Å². The minimum Gasteiger partial charge on any atom is -0.320 e. The zero-order valence-electron chi connectivity index (χ0n) is 20.8. The summed E-state index contributed by atoms with van der Waals surface area (Å²) in [4.78, 5) is 27.2. The summed E-state index contributed by atoms with van der Waals surface area (Å²) < 4.78 is 27.6. The molecule has 1 aromatic rings. The second-order valence-corrected chi connectivity index (χ2v) is 12.4. The van der Waals surface area contributed by atoms with E-state index in [-0.39, 0.29) is 40.7 Å². The van der Waals surface area contributed by atoms with Crippen molar-refractivity contribution in [1.29, 1.82) is 0 Å². The van der Waals surface area contributed by atoms with Gasteiger partial charge in [-0.1, -0.05) is 69.2 Å². The third kappa shape index (κ3) is 10.00. The van der Waals surface area contributed by atoms with Crippen LogP contribution in [0.5, 0.6) is 0 Å². The van der Waals surface area contributed by atoms with Gasteiger partial charge in [0.2, 0.25) is 21.8 Å². The molecule has 0 spiro atoms. The number of amides is 2. The number of carbonyl (C=O) groups is 2. The molecular formula is C25H39Cl2N3O4S. The Bertz CT molecular complexity index is 950. The first kappa shape index (κ1) is 30.0. The summed E-state index contributed by atoms with van der Waals surface area (Å²) >= 11 is 11.9. The number of nitrogens with two attached hydrogens (primary N) is 1. The molecule has 3 N–H and O–H groups in total. The Morgan fingerprint density at radius 2 is 1.83 bits per heavy atom. The van der Waals surface area contributed by atoms with E-state index in [1.807, 2.05) is 13.8 Å². The second-order valence-electron chi connectivity index (χ2n) is 9.84. The Kier molecular flexibility index (Phi) is 12.5. The predicted molar refractivity (Wildman–Crippen MR) is 141 cm³/mol. The predicted octanol–water partition coefficient (Wildman–Crippen LogP) is 5.14. The minimum atomic E-state index is -3.80. The highest BCUT2D eigenvalue weighted by Crippen LogP contribution is 2.28. The standard InChI is InChI=1S/C25H39Cl2N3O4S/c1-18(2)16-22(28)25(32)30(24(31)13-10-19-8-4-3-5-9-19)15-7-6-14-29-35(33,34)23-12-11-20(26)17-21(23)27/h11-12,17-19,22,29H,3-10,13-16,28H2,1-2H3/t22-/m0/s1. The van der Waals surface area contributed by atoms with Gasteiger partial charge in [-0.25, -0.2) is 13.1 Å². The highest BCUT2D eigenvalue weighted by Gasteiger charge is 2.27. The smallest absolute Gasteiger partial charge is 0.246 e. The van der Waals surface area contributed by atoms with Gasteiger partial charge < -0.3 is 5.73 Å². The summed E-state index contributed by atoms with van der Waals surface area (Å²) in [6, 6.07) is 3.47. The fourth-order valence-corrected chi connectivity index (χ4v) is 6.32. The van der Waals surface area contributed by atoms with Crippen molar-refractivity contribution < 1.29 is 18.0 Å². The van der Waals surface area contributed by atoms with Crippen molar-refractivity contribution in [3.8, 4) is 0 Å². The molecule has 7 nitrogen and oxygen atoms in total. The molecule has 0 aliphatic heterocycles. The van der Waals surface area contributed by atoms with Gasteiger partial charge in [0.15, 0.2) is 0 Å². The number of halogens is 2. The summed E-state index contributed by atoms with van der Waals surface area (Å²) in [5, 5.41) is 0.395. The first-order valence-corrected chi connectivity index (χ1v) is 14.8. The Hall–Kier alpha value is -1.19. The maximum absolute atomic E-state index is 13.0. The van der Waals surface area contributed by atoms with Crippen LogP contribution in [-0.2, 0) is 19.6 Å². The van der Waals surface area contributed by atoms with Gasteiger partial charge in [0, 0.05) is 24.5 Å². The molecule has 2 rings (SSSR count). The van der Waals surface area contributed by atoms with Crippen LogP contribution in [-0.4, -0.2) is 44.3 Å². The first-order chi connectivity index (χ1) is 16.5. The molecule has 35 heavy (non-hydrogen) atoms. The van der Waals surface area contributed by atoms with Gasteiger partial charge in [-0.2, -0.15) is 0 Å². The Morgan fingerprint density at radius 1 is 1.14 bits per heavy atom. The second kappa shape index (κ2) is 14.5. The lowest BCUT2D eigenvalue weighted by Crippen LogP contribution is -2.47. The van der Waals surface area contributed by atoms with E-state index in [0.29, 0.717) is 36.6 Å². The summed E-state index contributed by atoms with van der Waals surface area (Å²) in [5.74, 6) is 0.250. The molecule has 1 aromatic carbocycles.